The molecule has 140 valence electrons. The first kappa shape index (κ1) is 18.4. The Labute approximate surface area is 157 Å². The number of aryl methyl sites for hydroxylation is 1. The van der Waals surface area contributed by atoms with E-state index >= 15 is 0 Å². The number of carbonyl (C=O) groups excluding carboxylic acids is 1. The molecule has 0 saturated heterocycles. The van der Waals surface area contributed by atoms with E-state index in [1.165, 1.54) is 0 Å². The predicted molar refractivity (Wildman–Crippen MR) is 99.8 cm³/mol. The van der Waals surface area contributed by atoms with Crippen LogP contribution in [-0.2, 0) is 6.54 Å². The van der Waals surface area contributed by atoms with E-state index in [4.69, 9.17) is 13.9 Å². The molecule has 0 atom stereocenters. The van der Waals surface area contributed by atoms with E-state index in [1.807, 2.05) is 25.1 Å². The van der Waals surface area contributed by atoms with Gasteiger partial charge in [0.05, 0.1) is 20.8 Å². The van der Waals surface area contributed by atoms with Crippen LogP contribution in [0.15, 0.2) is 46.9 Å². The molecule has 27 heavy (non-hydrogen) atoms. The fraction of sp³-hybridized carbons (Fsp3) is 0.250. The van der Waals surface area contributed by atoms with Crippen LogP contribution in [0.1, 0.15) is 21.8 Å². The van der Waals surface area contributed by atoms with Crippen molar-refractivity contribution in [2.45, 2.75) is 13.5 Å². The number of aromatic nitrogens is 2. The normalized spacial score (nSPS) is 10.5. The van der Waals surface area contributed by atoms with Gasteiger partial charge in [0.2, 0.25) is 11.8 Å². The number of nitrogens with zero attached hydrogens (tertiary/aromatic N) is 3. The Bertz CT molecular complexity index is 952. The summed E-state index contributed by atoms with van der Waals surface area (Å²) in [5.41, 5.74) is 2.28. The first-order chi connectivity index (χ1) is 13.0. The van der Waals surface area contributed by atoms with Crippen molar-refractivity contribution in [3.63, 3.8) is 0 Å². The lowest BCUT2D eigenvalue weighted by atomic mass is 10.1. The number of benzene rings is 2. The maximum atomic E-state index is 12.6. The molecule has 0 spiro atoms. The molecule has 0 aliphatic heterocycles. The average molecular weight is 367 g/mol. The molecule has 7 heteroatoms. The van der Waals surface area contributed by atoms with E-state index in [-0.39, 0.29) is 12.5 Å². The van der Waals surface area contributed by atoms with Crippen molar-refractivity contribution in [2.24, 2.45) is 0 Å². The summed E-state index contributed by atoms with van der Waals surface area (Å²) in [6.07, 6.45) is 0. The van der Waals surface area contributed by atoms with Gasteiger partial charge >= 0.3 is 0 Å². The Morgan fingerprint density at radius 1 is 1.07 bits per heavy atom. The zero-order chi connectivity index (χ0) is 19.4. The van der Waals surface area contributed by atoms with Crippen molar-refractivity contribution in [3.05, 3.63) is 59.5 Å². The molecule has 3 rings (SSSR count). The fourth-order valence-corrected chi connectivity index (χ4v) is 2.70. The van der Waals surface area contributed by atoms with Crippen molar-refractivity contribution >= 4 is 5.91 Å². The minimum atomic E-state index is -0.0982. The molecule has 0 aliphatic carbocycles. The van der Waals surface area contributed by atoms with Crippen LogP contribution in [0.3, 0.4) is 0 Å². The van der Waals surface area contributed by atoms with Crippen molar-refractivity contribution in [2.75, 3.05) is 21.3 Å². The summed E-state index contributed by atoms with van der Waals surface area (Å²) in [5.74, 6) is 1.79. The molecular formula is C20H21N3O4. The van der Waals surface area contributed by atoms with E-state index in [0.717, 1.165) is 5.56 Å². The molecule has 0 radical (unpaired) electrons. The molecule has 2 aromatic carbocycles. The molecule has 0 aliphatic rings. The number of hydrogen-bond acceptors (Lipinski definition) is 6. The number of hydrogen-bond donors (Lipinski definition) is 0. The lowest BCUT2D eigenvalue weighted by Gasteiger charge is -2.16. The maximum Gasteiger partial charge on any atom is 0.254 e. The van der Waals surface area contributed by atoms with Crippen molar-refractivity contribution in [1.29, 1.82) is 0 Å². The average Bonchev–Trinajstić information content (AvgIpc) is 3.15. The first-order valence-corrected chi connectivity index (χ1v) is 8.39. The minimum absolute atomic E-state index is 0.0982. The summed E-state index contributed by atoms with van der Waals surface area (Å²) >= 11 is 0. The van der Waals surface area contributed by atoms with E-state index in [0.29, 0.717) is 34.4 Å². The Kier molecular flexibility index (Phi) is 5.40. The quantitative estimate of drug-likeness (QED) is 0.665. The molecular weight excluding hydrogens is 346 g/mol. The second-order valence-corrected chi connectivity index (χ2v) is 6.05. The number of methoxy groups -OCH3 is 2. The standard InChI is InChI=1S/C20H21N3O4/c1-13-7-5-6-8-15(13)20(24)23(2)12-18-21-22-19(27-18)14-9-10-16(25-3)17(11-14)26-4/h5-11H,12H2,1-4H3. The summed E-state index contributed by atoms with van der Waals surface area (Å²) in [7, 11) is 4.84. The van der Waals surface area contributed by atoms with Gasteiger partial charge in [-0.3, -0.25) is 4.79 Å². The molecule has 0 unspecified atom stereocenters. The van der Waals surface area contributed by atoms with Crippen molar-refractivity contribution < 1.29 is 18.7 Å². The minimum Gasteiger partial charge on any atom is -0.493 e. The highest BCUT2D eigenvalue weighted by Gasteiger charge is 2.18. The van der Waals surface area contributed by atoms with Crippen LogP contribution in [0.5, 0.6) is 11.5 Å². The van der Waals surface area contributed by atoms with E-state index in [9.17, 15) is 4.79 Å². The summed E-state index contributed by atoms with van der Waals surface area (Å²) in [6, 6.07) is 12.8. The van der Waals surface area contributed by atoms with E-state index < -0.39 is 0 Å². The van der Waals surface area contributed by atoms with Crippen molar-refractivity contribution in [3.8, 4) is 23.0 Å². The molecule has 1 aromatic heterocycles. The first-order valence-electron chi connectivity index (χ1n) is 8.39. The van der Waals surface area contributed by atoms with Crippen LogP contribution < -0.4 is 9.47 Å². The molecule has 0 fully saturated rings. The lowest BCUT2D eigenvalue weighted by molar-refractivity contribution is 0.0772. The maximum absolute atomic E-state index is 12.6. The van der Waals surface area contributed by atoms with Gasteiger partial charge in [0.1, 0.15) is 0 Å². The molecule has 1 heterocycles. The van der Waals surface area contributed by atoms with Gasteiger partial charge in [0.25, 0.3) is 5.91 Å². The van der Waals surface area contributed by atoms with Gasteiger partial charge in [-0.1, -0.05) is 18.2 Å². The van der Waals surface area contributed by atoms with Crippen LogP contribution in [-0.4, -0.2) is 42.3 Å². The highest BCUT2D eigenvalue weighted by atomic mass is 16.5. The molecule has 1 amide bonds. The van der Waals surface area contributed by atoms with Gasteiger partial charge in [0.15, 0.2) is 11.5 Å². The van der Waals surface area contributed by atoms with Gasteiger partial charge in [-0.25, -0.2) is 0 Å². The van der Waals surface area contributed by atoms with E-state index in [1.54, 1.807) is 50.4 Å². The Morgan fingerprint density at radius 2 is 1.81 bits per heavy atom. The number of rotatable bonds is 6. The Hall–Kier alpha value is -3.35. The van der Waals surface area contributed by atoms with Crippen LogP contribution in [0, 0.1) is 6.92 Å². The highest BCUT2D eigenvalue weighted by molar-refractivity contribution is 5.95. The third-order valence-corrected chi connectivity index (χ3v) is 4.19. The second-order valence-electron chi connectivity index (χ2n) is 6.05. The van der Waals surface area contributed by atoms with Gasteiger partial charge < -0.3 is 18.8 Å². The Morgan fingerprint density at radius 3 is 2.52 bits per heavy atom. The van der Waals surface area contributed by atoms with Gasteiger partial charge in [-0.2, -0.15) is 0 Å². The van der Waals surface area contributed by atoms with Crippen LogP contribution in [0.2, 0.25) is 0 Å². The predicted octanol–water partition coefficient (Wildman–Crippen LogP) is 3.33. The smallest absolute Gasteiger partial charge is 0.254 e. The van der Waals surface area contributed by atoms with Gasteiger partial charge in [-0.05, 0) is 36.8 Å². The SMILES string of the molecule is COc1ccc(-c2nnc(CN(C)C(=O)c3ccccc3C)o2)cc1OC. The lowest BCUT2D eigenvalue weighted by Crippen LogP contribution is -2.27. The largest absolute Gasteiger partial charge is 0.493 e. The molecule has 7 nitrogen and oxygen atoms in total. The molecule has 0 saturated carbocycles. The summed E-state index contributed by atoms with van der Waals surface area (Å²) in [4.78, 5) is 14.2. The third-order valence-electron chi connectivity index (χ3n) is 4.19. The fourth-order valence-electron chi connectivity index (χ4n) is 2.70. The van der Waals surface area contributed by atoms with Crippen molar-refractivity contribution in [1.82, 2.24) is 15.1 Å². The summed E-state index contributed by atoms with van der Waals surface area (Å²) in [5, 5.41) is 8.12. The monoisotopic (exact) mass is 367 g/mol. The zero-order valence-corrected chi connectivity index (χ0v) is 15.7. The summed E-state index contributed by atoms with van der Waals surface area (Å²) in [6.45, 7) is 2.12. The highest BCUT2D eigenvalue weighted by Crippen LogP contribution is 2.31. The second kappa shape index (κ2) is 7.90. The molecule has 0 bridgehead atoms. The van der Waals surface area contributed by atoms with E-state index in [2.05, 4.69) is 10.2 Å². The summed E-state index contributed by atoms with van der Waals surface area (Å²) < 4.78 is 16.2. The van der Waals surface area contributed by atoms with Gasteiger partial charge in [0, 0.05) is 18.2 Å². The van der Waals surface area contributed by atoms with Crippen LogP contribution in [0.25, 0.3) is 11.5 Å². The van der Waals surface area contributed by atoms with Crippen LogP contribution >= 0.6 is 0 Å². The Balaban J connectivity index is 1.76. The topological polar surface area (TPSA) is 77.7 Å². The van der Waals surface area contributed by atoms with Gasteiger partial charge in [-0.15, -0.1) is 10.2 Å². The third kappa shape index (κ3) is 3.92. The molecule has 0 N–H and O–H groups in total. The number of ether oxygens (including phenoxy) is 2. The number of carbonyl (C=O) groups is 1. The molecule has 3 aromatic rings. The zero-order valence-electron chi connectivity index (χ0n) is 15.7. The van der Waals surface area contributed by atoms with Crippen LogP contribution in [0.4, 0.5) is 0 Å². The number of amides is 1.